The molecule has 0 aliphatic heterocycles. The lowest BCUT2D eigenvalue weighted by Gasteiger charge is -2.18. The maximum absolute atomic E-state index is 13.0. The van der Waals surface area contributed by atoms with Crippen LogP contribution in [0.15, 0.2) is 94.0 Å². The molecular formula is C28H28N4O5S. The molecule has 0 fully saturated rings. The van der Waals surface area contributed by atoms with E-state index in [0.29, 0.717) is 35.3 Å². The van der Waals surface area contributed by atoms with Crippen molar-refractivity contribution in [1.82, 2.24) is 4.31 Å². The first-order valence-electron chi connectivity index (χ1n) is 12.0. The molecule has 0 aliphatic carbocycles. The molecule has 1 amide bonds. The summed E-state index contributed by atoms with van der Waals surface area (Å²) < 4.78 is 32.8. The van der Waals surface area contributed by atoms with Crippen LogP contribution in [0.5, 0.6) is 11.5 Å². The van der Waals surface area contributed by atoms with E-state index >= 15 is 0 Å². The Labute approximate surface area is 221 Å². The maximum Gasteiger partial charge on any atom is 0.259 e. The van der Waals surface area contributed by atoms with E-state index in [-0.39, 0.29) is 27.6 Å². The fourth-order valence-electron chi connectivity index (χ4n) is 4.04. The van der Waals surface area contributed by atoms with Crippen LogP contribution in [0, 0.1) is 0 Å². The molecule has 9 nitrogen and oxygen atoms in total. The number of azo groups is 1. The Morgan fingerprint density at radius 2 is 1.63 bits per heavy atom. The first kappa shape index (κ1) is 26.8. The van der Waals surface area contributed by atoms with Crippen LogP contribution in [0.3, 0.4) is 0 Å². The number of hydrogen-bond donors (Lipinski definition) is 2. The van der Waals surface area contributed by atoms with Gasteiger partial charge in [-0.05, 0) is 41.8 Å². The van der Waals surface area contributed by atoms with Crippen molar-refractivity contribution in [3.8, 4) is 11.5 Å². The highest BCUT2D eigenvalue weighted by Gasteiger charge is 2.23. The lowest BCUT2D eigenvalue weighted by Crippen LogP contribution is -2.30. The van der Waals surface area contributed by atoms with E-state index in [1.54, 1.807) is 62.4 Å². The topological polar surface area (TPSA) is 121 Å². The zero-order chi connectivity index (χ0) is 27.3. The van der Waals surface area contributed by atoms with Crippen LogP contribution in [-0.2, 0) is 10.0 Å². The highest BCUT2D eigenvalue weighted by atomic mass is 32.2. The predicted octanol–water partition coefficient (Wildman–Crippen LogP) is 6.25. The number of sulfonamides is 1. The summed E-state index contributed by atoms with van der Waals surface area (Å²) in [6.07, 6.45) is 0. The second kappa shape index (κ2) is 11.4. The van der Waals surface area contributed by atoms with Gasteiger partial charge in [-0.25, -0.2) is 8.42 Å². The molecule has 38 heavy (non-hydrogen) atoms. The van der Waals surface area contributed by atoms with Gasteiger partial charge >= 0.3 is 0 Å². The Morgan fingerprint density at radius 3 is 2.32 bits per heavy atom. The van der Waals surface area contributed by atoms with Crippen LogP contribution in [0.2, 0.25) is 0 Å². The van der Waals surface area contributed by atoms with E-state index in [1.807, 2.05) is 12.1 Å². The van der Waals surface area contributed by atoms with Gasteiger partial charge in [0.25, 0.3) is 5.91 Å². The van der Waals surface area contributed by atoms with Gasteiger partial charge in [0.2, 0.25) is 10.0 Å². The SMILES string of the molecule is CCN(CC)S(=O)(=O)c1ccc(OC)c(/N=N/c2c(O)c(C(=O)Nc3ccccc3)cc3ccccc23)c1. The van der Waals surface area contributed by atoms with Crippen LogP contribution >= 0.6 is 0 Å². The number of nitrogens with one attached hydrogen (secondary N) is 1. The molecule has 0 atom stereocenters. The zero-order valence-corrected chi connectivity index (χ0v) is 22.1. The largest absolute Gasteiger partial charge is 0.505 e. The van der Waals surface area contributed by atoms with E-state index in [9.17, 15) is 18.3 Å². The molecule has 0 radical (unpaired) electrons. The zero-order valence-electron chi connectivity index (χ0n) is 21.2. The Hall–Kier alpha value is -4.28. The third-order valence-corrected chi connectivity index (χ3v) is 8.07. The van der Waals surface area contributed by atoms with Gasteiger partial charge in [-0.2, -0.15) is 4.31 Å². The van der Waals surface area contributed by atoms with Gasteiger partial charge in [-0.1, -0.05) is 56.3 Å². The monoisotopic (exact) mass is 532 g/mol. The Balaban J connectivity index is 1.80. The quantitative estimate of drug-likeness (QED) is 0.247. The summed E-state index contributed by atoms with van der Waals surface area (Å²) in [5, 5.41) is 23.6. The number of nitrogens with zero attached hydrogens (tertiary/aromatic N) is 3. The summed E-state index contributed by atoms with van der Waals surface area (Å²) in [4.78, 5) is 13.1. The molecular weight excluding hydrogens is 504 g/mol. The Bertz CT molecular complexity index is 1600. The number of phenolic OH excluding ortho intramolecular Hbond substituents is 1. The van der Waals surface area contributed by atoms with Crippen molar-refractivity contribution in [3.63, 3.8) is 0 Å². The lowest BCUT2D eigenvalue weighted by molar-refractivity contribution is 0.102. The molecule has 196 valence electrons. The highest BCUT2D eigenvalue weighted by molar-refractivity contribution is 7.89. The summed E-state index contributed by atoms with van der Waals surface area (Å²) in [7, 11) is -2.31. The molecule has 0 saturated carbocycles. The number of fused-ring (bicyclic) bond motifs is 1. The molecule has 4 aromatic carbocycles. The molecule has 0 unspecified atom stereocenters. The molecule has 0 heterocycles. The molecule has 0 aliphatic rings. The van der Waals surface area contributed by atoms with Gasteiger partial charge in [0.1, 0.15) is 17.1 Å². The van der Waals surface area contributed by atoms with Crippen LogP contribution in [0.4, 0.5) is 17.1 Å². The van der Waals surface area contributed by atoms with Gasteiger partial charge in [0, 0.05) is 24.2 Å². The maximum atomic E-state index is 13.0. The summed E-state index contributed by atoms with van der Waals surface area (Å²) in [6.45, 7) is 4.17. The van der Waals surface area contributed by atoms with Gasteiger partial charge in [-0.15, -0.1) is 10.2 Å². The number of ether oxygens (including phenoxy) is 1. The average Bonchev–Trinajstić information content (AvgIpc) is 2.93. The molecule has 0 bridgehead atoms. The number of phenols is 1. The van der Waals surface area contributed by atoms with Crippen LogP contribution in [0.1, 0.15) is 24.2 Å². The predicted molar refractivity (Wildman–Crippen MR) is 147 cm³/mol. The fourth-order valence-corrected chi connectivity index (χ4v) is 5.52. The van der Waals surface area contributed by atoms with E-state index in [4.69, 9.17) is 4.74 Å². The van der Waals surface area contributed by atoms with E-state index in [0.717, 1.165) is 0 Å². The second-order valence-corrected chi connectivity index (χ2v) is 10.2. The molecule has 4 aromatic rings. The van der Waals surface area contributed by atoms with Gasteiger partial charge in [-0.3, -0.25) is 4.79 Å². The molecule has 10 heteroatoms. The van der Waals surface area contributed by atoms with Crippen molar-refractivity contribution in [2.24, 2.45) is 10.2 Å². The number of para-hydroxylation sites is 1. The number of rotatable bonds is 9. The second-order valence-electron chi connectivity index (χ2n) is 8.29. The van der Waals surface area contributed by atoms with E-state index in [2.05, 4.69) is 15.5 Å². The van der Waals surface area contributed by atoms with E-state index in [1.165, 1.54) is 29.6 Å². The minimum atomic E-state index is -3.75. The number of methoxy groups -OCH3 is 1. The fraction of sp³-hybridized carbons (Fsp3) is 0.179. The van der Waals surface area contributed by atoms with Crippen molar-refractivity contribution < 1.29 is 23.1 Å². The normalized spacial score (nSPS) is 11.8. The number of hydrogen-bond acceptors (Lipinski definition) is 7. The third kappa shape index (κ3) is 5.36. The van der Waals surface area contributed by atoms with Crippen LogP contribution < -0.4 is 10.1 Å². The summed E-state index contributed by atoms with van der Waals surface area (Å²) >= 11 is 0. The summed E-state index contributed by atoms with van der Waals surface area (Å²) in [5.41, 5.74) is 0.819. The van der Waals surface area contributed by atoms with E-state index < -0.39 is 15.9 Å². The smallest absolute Gasteiger partial charge is 0.259 e. The molecule has 0 aromatic heterocycles. The van der Waals surface area contributed by atoms with Gasteiger partial charge < -0.3 is 15.2 Å². The average molecular weight is 533 g/mol. The van der Waals surface area contributed by atoms with Crippen molar-refractivity contribution in [1.29, 1.82) is 0 Å². The number of carbonyl (C=O) groups is 1. The summed E-state index contributed by atoms with van der Waals surface area (Å²) in [6, 6.07) is 21.9. The number of amides is 1. The molecule has 0 saturated heterocycles. The third-order valence-electron chi connectivity index (χ3n) is 6.02. The molecule has 0 spiro atoms. The van der Waals surface area contributed by atoms with Crippen molar-refractivity contribution in [3.05, 3.63) is 84.4 Å². The van der Waals surface area contributed by atoms with Crippen molar-refractivity contribution in [2.45, 2.75) is 18.7 Å². The number of aromatic hydroxyl groups is 1. The molecule has 2 N–H and O–H groups in total. The minimum Gasteiger partial charge on any atom is -0.505 e. The van der Waals surface area contributed by atoms with Gasteiger partial charge in [0.05, 0.1) is 17.6 Å². The number of carbonyl (C=O) groups excluding carboxylic acids is 1. The van der Waals surface area contributed by atoms with Gasteiger partial charge in [0.15, 0.2) is 5.75 Å². The number of benzene rings is 4. The Kier molecular flexibility index (Phi) is 8.04. The molecule has 4 rings (SSSR count). The number of anilines is 1. The summed E-state index contributed by atoms with van der Waals surface area (Å²) in [5.74, 6) is -0.568. The first-order chi connectivity index (χ1) is 18.3. The first-order valence-corrected chi connectivity index (χ1v) is 13.4. The Morgan fingerprint density at radius 1 is 0.947 bits per heavy atom. The van der Waals surface area contributed by atoms with Crippen molar-refractivity contribution >= 4 is 43.8 Å². The lowest BCUT2D eigenvalue weighted by atomic mass is 10.0. The van der Waals surface area contributed by atoms with Crippen LogP contribution in [0.25, 0.3) is 10.8 Å². The standard InChI is InChI=1S/C28H28N4O5S/c1-4-32(5-2)38(35,36)21-15-16-25(37-3)24(18-21)30-31-26-22-14-10-9-11-19(22)17-23(27(26)33)28(34)29-20-12-7-6-8-13-20/h6-18,33H,4-5H2,1-3H3,(H,29,34)/b31-30+. The highest BCUT2D eigenvalue weighted by Crippen LogP contribution is 2.41. The minimum absolute atomic E-state index is 0.0197. The van der Waals surface area contributed by atoms with Crippen molar-refractivity contribution in [2.75, 3.05) is 25.5 Å². The van der Waals surface area contributed by atoms with Crippen LogP contribution in [-0.4, -0.2) is 43.9 Å².